The topological polar surface area (TPSA) is 52.4 Å². The second-order valence-electron chi connectivity index (χ2n) is 2.94. The van der Waals surface area contributed by atoms with Gasteiger partial charge in [-0.2, -0.15) is 0 Å². The Kier molecular flexibility index (Phi) is 3.85. The molecule has 0 spiro atoms. The van der Waals surface area contributed by atoms with Crippen molar-refractivity contribution in [1.82, 2.24) is 0 Å². The number of hydrogen-bond donors (Lipinski definition) is 0. The first-order valence-corrected chi connectivity index (χ1v) is 5.02. The minimum atomic E-state index is -1.20. The van der Waals surface area contributed by atoms with Gasteiger partial charge in [-0.1, -0.05) is 22.5 Å². The van der Waals surface area contributed by atoms with Crippen molar-refractivity contribution >= 4 is 15.9 Å². The maximum atomic E-state index is 10.5. The zero-order chi connectivity index (χ0) is 11.4. The van der Waals surface area contributed by atoms with Gasteiger partial charge in [-0.3, -0.25) is 10.1 Å². The van der Waals surface area contributed by atoms with Gasteiger partial charge in [0.25, 0.3) is 0 Å². The Labute approximate surface area is 95.8 Å². The summed E-state index contributed by atoms with van der Waals surface area (Å²) in [5.41, 5.74) is 0.832. The first kappa shape index (κ1) is 11.7. The lowest BCUT2D eigenvalue weighted by Crippen LogP contribution is -2.23. The molecule has 0 radical (unpaired) electrons. The molecule has 4 nitrogen and oxygen atoms in total. The summed E-state index contributed by atoms with van der Waals surface area (Å²) in [5, 5.41) is 10.5. The summed E-state index contributed by atoms with van der Waals surface area (Å²) in [5.74, 6) is 0.486. The highest BCUT2D eigenvalue weighted by atomic mass is 79.9. The third kappa shape index (κ3) is 3.06. The lowest BCUT2D eigenvalue weighted by atomic mass is 10.2. The molecule has 0 aliphatic carbocycles. The fourth-order valence-corrected chi connectivity index (χ4v) is 1.53. The van der Waals surface area contributed by atoms with Crippen LogP contribution in [-0.2, 0) is 0 Å². The number of hydrogen-bond acceptors (Lipinski definition) is 3. The van der Waals surface area contributed by atoms with E-state index in [1.807, 2.05) is 13.0 Å². The standard InChI is InChI=1S/C10H10BrNO3/c1-3-10(12(13)14)15-9-5-4-8(11)6-7(9)2/h3-6,10H,1H2,2H3. The number of benzene rings is 1. The van der Waals surface area contributed by atoms with Gasteiger partial charge in [0.05, 0.1) is 4.92 Å². The molecule has 0 bridgehead atoms. The van der Waals surface area contributed by atoms with Crippen molar-refractivity contribution < 1.29 is 9.66 Å². The molecule has 0 N–H and O–H groups in total. The molecule has 15 heavy (non-hydrogen) atoms. The molecule has 80 valence electrons. The number of rotatable bonds is 4. The summed E-state index contributed by atoms with van der Waals surface area (Å²) in [6.07, 6.45) is -0.0496. The quantitative estimate of drug-likeness (QED) is 0.366. The van der Waals surface area contributed by atoms with E-state index in [0.717, 1.165) is 16.1 Å². The van der Waals surface area contributed by atoms with Crippen LogP contribution in [0.1, 0.15) is 5.56 Å². The van der Waals surface area contributed by atoms with Crippen molar-refractivity contribution in [2.24, 2.45) is 0 Å². The number of aryl methyl sites for hydroxylation is 1. The normalized spacial score (nSPS) is 11.9. The SMILES string of the molecule is C=CC(Oc1ccc(Br)cc1C)[N+](=O)[O-]. The number of halogens is 1. The molecule has 1 aromatic carbocycles. The Hall–Kier alpha value is -1.36. The van der Waals surface area contributed by atoms with Crippen LogP contribution in [0.3, 0.4) is 0 Å². The van der Waals surface area contributed by atoms with Gasteiger partial charge in [-0.05, 0) is 30.7 Å². The van der Waals surface area contributed by atoms with E-state index < -0.39 is 11.2 Å². The molecule has 0 aliphatic heterocycles. The third-order valence-corrected chi connectivity index (χ3v) is 2.29. The second-order valence-corrected chi connectivity index (χ2v) is 3.85. The molecule has 1 aromatic rings. The minimum Gasteiger partial charge on any atom is -0.427 e. The van der Waals surface area contributed by atoms with Crippen LogP contribution in [0.2, 0.25) is 0 Å². The second kappa shape index (κ2) is 4.93. The van der Waals surface area contributed by atoms with E-state index in [4.69, 9.17) is 4.74 Å². The Balaban J connectivity index is 2.88. The van der Waals surface area contributed by atoms with Crippen molar-refractivity contribution in [2.75, 3.05) is 0 Å². The van der Waals surface area contributed by atoms with Gasteiger partial charge in [0.2, 0.25) is 0 Å². The molecule has 0 aromatic heterocycles. The zero-order valence-electron chi connectivity index (χ0n) is 8.14. The van der Waals surface area contributed by atoms with Crippen molar-refractivity contribution in [2.45, 2.75) is 13.2 Å². The maximum absolute atomic E-state index is 10.5. The molecule has 0 fully saturated rings. The van der Waals surface area contributed by atoms with Crippen molar-refractivity contribution in [3.63, 3.8) is 0 Å². The Morgan fingerprint density at radius 2 is 2.33 bits per heavy atom. The van der Waals surface area contributed by atoms with Crippen LogP contribution >= 0.6 is 15.9 Å². The first-order chi connectivity index (χ1) is 7.04. The first-order valence-electron chi connectivity index (χ1n) is 4.23. The molecule has 0 aliphatic rings. The van der Waals surface area contributed by atoms with Gasteiger partial charge in [0, 0.05) is 10.5 Å². The van der Waals surface area contributed by atoms with Crippen molar-refractivity contribution in [3.8, 4) is 5.75 Å². The zero-order valence-corrected chi connectivity index (χ0v) is 9.73. The van der Waals surface area contributed by atoms with Crippen LogP contribution in [0.15, 0.2) is 35.3 Å². The highest BCUT2D eigenvalue weighted by Gasteiger charge is 2.17. The summed E-state index contributed by atoms with van der Waals surface area (Å²) in [7, 11) is 0. The lowest BCUT2D eigenvalue weighted by Gasteiger charge is -2.10. The van der Waals surface area contributed by atoms with Gasteiger partial charge in [-0.15, -0.1) is 0 Å². The van der Waals surface area contributed by atoms with Crippen LogP contribution in [0.4, 0.5) is 0 Å². The maximum Gasteiger partial charge on any atom is 0.373 e. The summed E-state index contributed by atoms with van der Waals surface area (Å²) < 4.78 is 6.08. The average Bonchev–Trinajstić information content (AvgIpc) is 2.16. The van der Waals surface area contributed by atoms with E-state index >= 15 is 0 Å². The van der Waals surface area contributed by atoms with Crippen LogP contribution < -0.4 is 4.74 Å². The van der Waals surface area contributed by atoms with E-state index in [0.29, 0.717) is 5.75 Å². The van der Waals surface area contributed by atoms with Gasteiger partial charge >= 0.3 is 6.23 Å². The average molecular weight is 272 g/mol. The fourth-order valence-electron chi connectivity index (χ4n) is 1.05. The Morgan fingerprint density at radius 1 is 1.67 bits per heavy atom. The number of ether oxygens (including phenoxy) is 1. The summed E-state index contributed by atoms with van der Waals surface area (Å²) in [4.78, 5) is 9.98. The van der Waals surface area contributed by atoms with Gasteiger partial charge in [0.15, 0.2) is 0 Å². The molecule has 0 saturated carbocycles. The molecule has 1 rings (SSSR count). The van der Waals surface area contributed by atoms with Crippen molar-refractivity contribution in [3.05, 3.63) is 51.0 Å². The highest BCUT2D eigenvalue weighted by Crippen LogP contribution is 2.23. The smallest absolute Gasteiger partial charge is 0.373 e. The monoisotopic (exact) mass is 271 g/mol. The molecular weight excluding hydrogens is 262 g/mol. The number of nitrogens with zero attached hydrogens (tertiary/aromatic N) is 1. The molecular formula is C10H10BrNO3. The fraction of sp³-hybridized carbons (Fsp3) is 0.200. The lowest BCUT2D eigenvalue weighted by molar-refractivity contribution is -0.547. The number of nitro groups is 1. The van der Waals surface area contributed by atoms with Crippen LogP contribution in [0.5, 0.6) is 5.75 Å². The van der Waals surface area contributed by atoms with Crippen LogP contribution in [-0.4, -0.2) is 11.2 Å². The molecule has 0 heterocycles. The Bertz CT molecular complexity index is 392. The molecule has 1 unspecified atom stereocenters. The summed E-state index contributed by atoms with van der Waals surface area (Å²) in [6, 6.07) is 5.28. The van der Waals surface area contributed by atoms with E-state index in [9.17, 15) is 10.1 Å². The van der Waals surface area contributed by atoms with E-state index in [1.165, 1.54) is 0 Å². The summed E-state index contributed by atoms with van der Waals surface area (Å²) >= 11 is 3.30. The van der Waals surface area contributed by atoms with Crippen molar-refractivity contribution in [1.29, 1.82) is 0 Å². The molecule has 5 heteroatoms. The van der Waals surface area contributed by atoms with E-state index in [2.05, 4.69) is 22.5 Å². The van der Waals surface area contributed by atoms with E-state index in [1.54, 1.807) is 12.1 Å². The highest BCUT2D eigenvalue weighted by molar-refractivity contribution is 9.10. The van der Waals surface area contributed by atoms with Gasteiger partial charge in [0.1, 0.15) is 5.75 Å². The predicted molar refractivity (Wildman–Crippen MR) is 60.5 cm³/mol. The molecule has 0 amide bonds. The Morgan fingerprint density at radius 3 is 2.80 bits per heavy atom. The third-order valence-electron chi connectivity index (χ3n) is 1.79. The largest absolute Gasteiger partial charge is 0.427 e. The minimum absolute atomic E-state index is 0.486. The van der Waals surface area contributed by atoms with Crippen LogP contribution in [0.25, 0.3) is 0 Å². The summed E-state index contributed by atoms with van der Waals surface area (Å²) in [6.45, 7) is 5.17. The molecule has 1 atom stereocenters. The van der Waals surface area contributed by atoms with Crippen LogP contribution in [0, 0.1) is 17.0 Å². The van der Waals surface area contributed by atoms with Gasteiger partial charge < -0.3 is 4.74 Å². The predicted octanol–water partition coefficient (Wildman–Crippen LogP) is 2.93. The van der Waals surface area contributed by atoms with Gasteiger partial charge in [-0.25, -0.2) is 0 Å². The van der Waals surface area contributed by atoms with E-state index in [-0.39, 0.29) is 0 Å². The molecule has 0 saturated heterocycles.